The highest BCUT2D eigenvalue weighted by Gasteiger charge is 2.20. The monoisotopic (exact) mass is 449 g/mol. The molecule has 0 bridgehead atoms. The van der Waals surface area contributed by atoms with E-state index in [9.17, 15) is 34.6 Å². The smallest absolute Gasteiger partial charge is 0.277 e. The van der Waals surface area contributed by atoms with Crippen LogP contribution in [0.15, 0.2) is 72.8 Å². The highest BCUT2D eigenvalue weighted by molar-refractivity contribution is 6.04. The van der Waals surface area contributed by atoms with Crippen LogP contribution in [0.3, 0.4) is 0 Å². The molecule has 0 radical (unpaired) electrons. The Morgan fingerprint density at radius 3 is 1.61 bits per heavy atom. The molecule has 0 saturated heterocycles. The Morgan fingerprint density at radius 1 is 0.606 bits per heavy atom. The maximum atomic E-state index is 12.3. The zero-order chi connectivity index (χ0) is 24.0. The highest BCUT2D eigenvalue weighted by atomic mass is 16.6. The molecule has 0 fully saturated rings. The molecule has 0 aromatic heterocycles. The van der Waals surface area contributed by atoms with Crippen molar-refractivity contribution in [1.29, 1.82) is 0 Å². The Morgan fingerprint density at radius 2 is 1.09 bits per heavy atom. The number of nitrogens with zero attached hydrogens (tertiary/aromatic N) is 2. The molecule has 12 nitrogen and oxygen atoms in total. The number of benzene rings is 3. The number of nitro benzene ring substituents is 2. The first kappa shape index (κ1) is 22.6. The number of carbonyl (C=O) groups excluding carboxylic acids is 3. The van der Waals surface area contributed by atoms with Crippen molar-refractivity contribution in [3.63, 3.8) is 0 Å². The van der Waals surface area contributed by atoms with Gasteiger partial charge in [-0.2, -0.15) is 0 Å². The summed E-state index contributed by atoms with van der Waals surface area (Å²) in [5, 5.41) is 24.5. The minimum Gasteiger partial charge on any atom is -0.322 e. The van der Waals surface area contributed by atoms with Gasteiger partial charge in [0.05, 0.1) is 21.5 Å². The van der Waals surface area contributed by atoms with Gasteiger partial charge in [-0.15, -0.1) is 0 Å². The predicted molar refractivity (Wildman–Crippen MR) is 116 cm³/mol. The van der Waals surface area contributed by atoms with Gasteiger partial charge in [0.15, 0.2) is 0 Å². The Kier molecular flexibility index (Phi) is 6.69. The third kappa shape index (κ3) is 5.73. The number of nitro groups is 2. The number of hydrazine groups is 1. The van der Waals surface area contributed by atoms with Crippen LogP contribution in [0.25, 0.3) is 0 Å². The summed E-state index contributed by atoms with van der Waals surface area (Å²) in [6, 6.07) is 16.7. The lowest BCUT2D eigenvalue weighted by molar-refractivity contribution is -0.394. The fraction of sp³-hybridized carbons (Fsp3) is 0. The Labute approximate surface area is 185 Å². The topological polar surface area (TPSA) is 174 Å². The molecule has 3 aromatic rings. The second-order valence-corrected chi connectivity index (χ2v) is 6.56. The number of rotatable bonds is 6. The normalized spacial score (nSPS) is 10.1. The fourth-order valence-electron chi connectivity index (χ4n) is 2.69. The number of hydrogen-bond acceptors (Lipinski definition) is 7. The van der Waals surface area contributed by atoms with E-state index in [1.165, 1.54) is 24.3 Å². The third-order valence-corrected chi connectivity index (χ3v) is 4.32. The summed E-state index contributed by atoms with van der Waals surface area (Å²) in [5.41, 5.74) is 3.53. The summed E-state index contributed by atoms with van der Waals surface area (Å²) in [6.07, 6.45) is 0. The first-order chi connectivity index (χ1) is 15.7. The molecule has 0 saturated carbocycles. The van der Waals surface area contributed by atoms with E-state index in [1.54, 1.807) is 30.3 Å². The molecule has 166 valence electrons. The molecule has 0 atom stereocenters. The van der Waals surface area contributed by atoms with E-state index < -0.39 is 33.0 Å². The molecule has 3 aromatic carbocycles. The van der Waals surface area contributed by atoms with E-state index in [2.05, 4.69) is 10.7 Å². The molecule has 3 amide bonds. The van der Waals surface area contributed by atoms with Crippen molar-refractivity contribution in [3.05, 3.63) is 110 Å². The maximum absolute atomic E-state index is 12.3. The maximum Gasteiger partial charge on any atom is 0.277 e. The number of amides is 3. The van der Waals surface area contributed by atoms with Crippen LogP contribution in [-0.2, 0) is 0 Å². The molecule has 0 spiro atoms. The first-order valence-electron chi connectivity index (χ1n) is 9.25. The van der Waals surface area contributed by atoms with Crippen molar-refractivity contribution in [2.45, 2.75) is 0 Å². The summed E-state index contributed by atoms with van der Waals surface area (Å²) >= 11 is 0. The zero-order valence-electron chi connectivity index (χ0n) is 16.7. The van der Waals surface area contributed by atoms with E-state index in [4.69, 9.17) is 0 Å². The third-order valence-electron chi connectivity index (χ3n) is 4.32. The summed E-state index contributed by atoms with van der Waals surface area (Å²) in [4.78, 5) is 56.7. The minimum absolute atomic E-state index is 0.137. The predicted octanol–water partition coefficient (Wildman–Crippen LogP) is 2.83. The number of nitrogens with one attached hydrogen (secondary N) is 3. The van der Waals surface area contributed by atoms with Crippen molar-refractivity contribution in [2.24, 2.45) is 0 Å². The molecule has 12 heteroatoms. The van der Waals surface area contributed by atoms with E-state index in [-0.39, 0.29) is 17.0 Å². The average molecular weight is 449 g/mol. The van der Waals surface area contributed by atoms with Crippen molar-refractivity contribution in [2.75, 3.05) is 5.32 Å². The summed E-state index contributed by atoms with van der Waals surface area (Å²) in [6.45, 7) is 0. The SMILES string of the molecule is O=C(NNC(=O)c1cc([N+](=O)[O-])cc([N+](=O)[O-])c1)c1ccc(NC(=O)c2ccccc2)cc1. The molecule has 0 aliphatic heterocycles. The molecular formula is C21H15N5O7. The van der Waals surface area contributed by atoms with Crippen molar-refractivity contribution in [1.82, 2.24) is 10.9 Å². The summed E-state index contributed by atoms with van der Waals surface area (Å²) in [7, 11) is 0. The van der Waals surface area contributed by atoms with Crippen molar-refractivity contribution in [3.8, 4) is 0 Å². The van der Waals surface area contributed by atoms with Crippen LogP contribution in [0.2, 0.25) is 0 Å². The molecular weight excluding hydrogens is 434 g/mol. The number of anilines is 1. The van der Waals surface area contributed by atoms with Crippen LogP contribution in [0.5, 0.6) is 0 Å². The molecule has 33 heavy (non-hydrogen) atoms. The minimum atomic E-state index is -0.984. The van der Waals surface area contributed by atoms with Gasteiger partial charge in [-0.3, -0.25) is 45.5 Å². The standard InChI is InChI=1S/C21H15N5O7/c27-19(13-4-2-1-3-5-13)22-16-8-6-14(7-9-16)20(28)23-24-21(29)15-10-17(25(30)31)12-18(11-15)26(32)33/h1-12H,(H,22,27)(H,23,28)(H,24,29). The van der Waals surface area contributed by atoms with Gasteiger partial charge in [0.1, 0.15) is 0 Å². The van der Waals surface area contributed by atoms with Gasteiger partial charge >= 0.3 is 0 Å². The lowest BCUT2D eigenvalue weighted by atomic mass is 10.1. The molecule has 0 heterocycles. The van der Waals surface area contributed by atoms with Gasteiger partial charge in [-0.1, -0.05) is 18.2 Å². The van der Waals surface area contributed by atoms with Gasteiger partial charge in [-0.05, 0) is 36.4 Å². The summed E-state index contributed by atoms with van der Waals surface area (Å²) in [5.74, 6) is -2.03. The van der Waals surface area contributed by atoms with E-state index in [0.717, 1.165) is 12.1 Å². The first-order valence-corrected chi connectivity index (χ1v) is 9.25. The Hall–Kier alpha value is -5.13. The van der Waals surface area contributed by atoms with Crippen molar-refractivity contribution >= 4 is 34.8 Å². The molecule has 0 unspecified atom stereocenters. The molecule has 0 aliphatic carbocycles. The van der Waals surface area contributed by atoms with Crippen LogP contribution in [0.1, 0.15) is 31.1 Å². The lowest BCUT2D eigenvalue weighted by Crippen LogP contribution is -2.41. The van der Waals surface area contributed by atoms with E-state index in [0.29, 0.717) is 17.3 Å². The molecule has 3 rings (SSSR count). The largest absolute Gasteiger partial charge is 0.322 e. The van der Waals surface area contributed by atoms with Gasteiger partial charge in [0.25, 0.3) is 29.1 Å². The lowest BCUT2D eigenvalue weighted by Gasteiger charge is -2.09. The van der Waals surface area contributed by atoms with Gasteiger partial charge < -0.3 is 5.32 Å². The second-order valence-electron chi connectivity index (χ2n) is 6.56. The van der Waals surface area contributed by atoms with Crippen LogP contribution in [0, 0.1) is 20.2 Å². The summed E-state index contributed by atoms with van der Waals surface area (Å²) < 4.78 is 0. The molecule has 0 aliphatic rings. The Bertz CT molecular complexity index is 1210. The second kappa shape index (κ2) is 9.78. The van der Waals surface area contributed by atoms with Crippen LogP contribution < -0.4 is 16.2 Å². The van der Waals surface area contributed by atoms with E-state index >= 15 is 0 Å². The van der Waals surface area contributed by atoms with Crippen LogP contribution in [0.4, 0.5) is 17.1 Å². The fourth-order valence-corrected chi connectivity index (χ4v) is 2.69. The number of carbonyl (C=O) groups is 3. The van der Waals surface area contributed by atoms with Gasteiger partial charge in [0, 0.05) is 28.9 Å². The molecule has 3 N–H and O–H groups in total. The Balaban J connectivity index is 1.63. The quantitative estimate of drug-likeness (QED) is 0.383. The van der Waals surface area contributed by atoms with Crippen LogP contribution in [-0.4, -0.2) is 27.6 Å². The van der Waals surface area contributed by atoms with Gasteiger partial charge in [0.2, 0.25) is 0 Å². The number of hydrogen-bond donors (Lipinski definition) is 3. The van der Waals surface area contributed by atoms with Crippen LogP contribution >= 0.6 is 0 Å². The van der Waals surface area contributed by atoms with Gasteiger partial charge in [-0.25, -0.2) is 0 Å². The zero-order valence-corrected chi connectivity index (χ0v) is 16.7. The van der Waals surface area contributed by atoms with E-state index in [1.807, 2.05) is 5.43 Å². The number of non-ortho nitro benzene ring substituents is 2. The highest BCUT2D eigenvalue weighted by Crippen LogP contribution is 2.22. The average Bonchev–Trinajstić information content (AvgIpc) is 2.82. The van der Waals surface area contributed by atoms with Crippen molar-refractivity contribution < 1.29 is 24.2 Å².